The Morgan fingerprint density at radius 1 is 0.583 bits per heavy atom. The molecule has 0 saturated heterocycles. The first-order chi connectivity index (χ1) is 23.1. The summed E-state index contributed by atoms with van der Waals surface area (Å²) < 4.78 is 22.8. The van der Waals surface area contributed by atoms with Gasteiger partial charge in [0.05, 0.1) is 39.3 Å². The van der Waals surface area contributed by atoms with Crippen LogP contribution in [-0.2, 0) is 51.3 Å². The number of benzene rings is 3. The second-order valence-electron chi connectivity index (χ2n) is 10.5. The predicted molar refractivity (Wildman–Crippen MR) is 183 cm³/mol. The average Bonchev–Trinajstić information content (AvgIpc) is 3.06. The molecule has 0 spiro atoms. The fourth-order valence-corrected chi connectivity index (χ4v) is 5.76. The molecule has 3 rings (SSSR count). The van der Waals surface area contributed by atoms with Gasteiger partial charge in [0.25, 0.3) is 0 Å². The molecule has 3 aromatic rings. The fourth-order valence-electron chi connectivity index (χ4n) is 3.97. The van der Waals surface area contributed by atoms with Crippen molar-refractivity contribution >= 4 is 47.4 Å². The van der Waals surface area contributed by atoms with Crippen LogP contribution in [0.1, 0.15) is 24.0 Å². The summed E-state index contributed by atoms with van der Waals surface area (Å²) in [5.74, 6) is -3.07. The molecule has 0 heterocycles. The molecule has 0 radical (unpaired) electrons. The minimum atomic E-state index is -1.16. The third-order valence-electron chi connectivity index (χ3n) is 6.38. The smallest absolute Gasteiger partial charge is 0.334 e. The molecular weight excluding hydrogens is 657 g/mol. The van der Waals surface area contributed by atoms with Crippen molar-refractivity contribution in [3.05, 3.63) is 120 Å². The maximum Gasteiger partial charge on any atom is 0.334 e. The van der Waals surface area contributed by atoms with E-state index in [2.05, 4.69) is 13.2 Å². The number of esters is 2. The fraction of sp³-hybridized carbons (Fsp3) is 0.278. The normalized spacial score (nSPS) is 12.0. The zero-order valence-electron chi connectivity index (χ0n) is 26.3. The van der Waals surface area contributed by atoms with Crippen molar-refractivity contribution in [3.63, 3.8) is 0 Å². The second-order valence-corrected chi connectivity index (χ2v) is 12.7. The van der Waals surface area contributed by atoms with Crippen LogP contribution in [0, 0.1) is 0 Å². The summed E-state index contributed by atoms with van der Waals surface area (Å²) in [7, 11) is 0. The Kier molecular flexibility index (Phi) is 16.5. The zero-order valence-corrected chi connectivity index (χ0v) is 27.9. The van der Waals surface area contributed by atoms with Gasteiger partial charge in [-0.1, -0.05) is 73.8 Å². The van der Waals surface area contributed by atoms with E-state index in [1.54, 1.807) is 0 Å². The van der Waals surface area contributed by atoms with Crippen LogP contribution >= 0.6 is 23.5 Å². The molecule has 3 aromatic carbocycles. The van der Waals surface area contributed by atoms with E-state index in [1.165, 1.54) is 23.5 Å². The van der Waals surface area contributed by atoms with E-state index >= 15 is 0 Å². The van der Waals surface area contributed by atoms with Gasteiger partial charge in [0.15, 0.2) is 0 Å². The van der Waals surface area contributed by atoms with E-state index in [1.807, 2.05) is 84.9 Å². The Hall–Kier alpha value is -4.36. The van der Waals surface area contributed by atoms with Crippen molar-refractivity contribution in [2.45, 2.75) is 48.1 Å². The summed E-state index contributed by atoms with van der Waals surface area (Å²) in [5, 5.41) is 17.9. The third kappa shape index (κ3) is 15.0. The highest BCUT2D eigenvalue weighted by Crippen LogP contribution is 2.22. The molecule has 0 amide bonds. The standard InChI is InChI=1S/C36H38O10S2/c1-25(17-33(37)38)35(41)45-29(23-47-31-9-5-3-6-10-31)21-43-19-27-13-15-28(16-14-27)20-44-22-30(24-48-32-11-7-4-8-12-32)46-36(42)26(2)18-34(39)40/h3-16,29-30H,1-2,17-24H2,(H,37,38)(H,39,40). The van der Waals surface area contributed by atoms with E-state index in [-0.39, 0.29) is 37.6 Å². The van der Waals surface area contributed by atoms with Gasteiger partial charge < -0.3 is 29.2 Å². The van der Waals surface area contributed by atoms with Crippen molar-refractivity contribution in [2.24, 2.45) is 0 Å². The number of carbonyl (C=O) groups is 4. The van der Waals surface area contributed by atoms with Crippen LogP contribution in [0.2, 0.25) is 0 Å². The van der Waals surface area contributed by atoms with Gasteiger partial charge in [0, 0.05) is 32.4 Å². The Balaban J connectivity index is 1.50. The summed E-state index contributed by atoms with van der Waals surface area (Å²) in [6.07, 6.45) is -2.28. The molecule has 10 nitrogen and oxygen atoms in total. The quantitative estimate of drug-likeness (QED) is 0.0703. The Morgan fingerprint density at radius 3 is 1.27 bits per heavy atom. The van der Waals surface area contributed by atoms with E-state index in [0.29, 0.717) is 11.5 Å². The minimum Gasteiger partial charge on any atom is -0.481 e. The number of carboxylic acids is 2. The third-order valence-corrected chi connectivity index (χ3v) is 8.67. The van der Waals surface area contributed by atoms with Gasteiger partial charge in [0.2, 0.25) is 0 Å². The Bertz CT molecular complexity index is 1400. The average molecular weight is 695 g/mol. The molecule has 254 valence electrons. The molecule has 2 unspecified atom stereocenters. The lowest BCUT2D eigenvalue weighted by molar-refractivity contribution is -0.148. The summed E-state index contributed by atoms with van der Waals surface area (Å²) in [4.78, 5) is 48.7. The summed E-state index contributed by atoms with van der Waals surface area (Å²) in [5.41, 5.74) is 1.46. The number of hydrogen-bond donors (Lipinski definition) is 2. The van der Waals surface area contributed by atoms with Crippen LogP contribution in [-0.4, -0.2) is 71.0 Å². The van der Waals surface area contributed by atoms with Crippen molar-refractivity contribution < 1.29 is 48.3 Å². The number of rotatable bonds is 22. The number of aliphatic carboxylic acids is 2. The summed E-state index contributed by atoms with van der Waals surface area (Å²) >= 11 is 2.98. The number of ether oxygens (including phenoxy) is 4. The van der Waals surface area contributed by atoms with Crippen LogP contribution in [0.5, 0.6) is 0 Å². The number of thioether (sulfide) groups is 2. The highest BCUT2D eigenvalue weighted by Gasteiger charge is 2.21. The molecule has 0 aromatic heterocycles. The minimum absolute atomic E-state index is 0.0940. The number of carboxylic acid groups (broad SMARTS) is 2. The number of hydrogen-bond acceptors (Lipinski definition) is 10. The van der Waals surface area contributed by atoms with Gasteiger partial charge in [0.1, 0.15) is 12.2 Å². The maximum absolute atomic E-state index is 12.4. The van der Waals surface area contributed by atoms with E-state index in [9.17, 15) is 19.2 Å². The Morgan fingerprint density at radius 2 is 0.938 bits per heavy atom. The molecule has 12 heteroatoms. The van der Waals surface area contributed by atoms with E-state index in [0.717, 1.165) is 20.9 Å². The largest absolute Gasteiger partial charge is 0.481 e. The molecule has 0 aliphatic rings. The highest BCUT2D eigenvalue weighted by atomic mass is 32.2. The van der Waals surface area contributed by atoms with Gasteiger partial charge in [-0.2, -0.15) is 0 Å². The highest BCUT2D eigenvalue weighted by molar-refractivity contribution is 7.99. The number of carbonyl (C=O) groups excluding carboxylic acids is 2. The predicted octanol–water partition coefficient (Wildman–Crippen LogP) is 6.19. The van der Waals surface area contributed by atoms with Crippen LogP contribution in [0.4, 0.5) is 0 Å². The molecule has 0 bridgehead atoms. The second kappa shape index (κ2) is 20.8. The van der Waals surface area contributed by atoms with Gasteiger partial charge in [-0.3, -0.25) is 9.59 Å². The topological polar surface area (TPSA) is 146 Å². The van der Waals surface area contributed by atoms with Crippen LogP contribution in [0.15, 0.2) is 119 Å². The van der Waals surface area contributed by atoms with E-state index in [4.69, 9.17) is 29.2 Å². The van der Waals surface area contributed by atoms with Gasteiger partial charge >= 0.3 is 23.9 Å². The lowest BCUT2D eigenvalue weighted by Crippen LogP contribution is -2.27. The molecule has 0 aliphatic heterocycles. The van der Waals surface area contributed by atoms with E-state index < -0.39 is 48.9 Å². The van der Waals surface area contributed by atoms with Crippen molar-refractivity contribution in [2.75, 3.05) is 24.7 Å². The first-order valence-electron chi connectivity index (χ1n) is 14.9. The van der Waals surface area contributed by atoms with Crippen molar-refractivity contribution in [1.82, 2.24) is 0 Å². The van der Waals surface area contributed by atoms with Crippen LogP contribution in [0.25, 0.3) is 0 Å². The molecule has 0 fully saturated rings. The molecular formula is C36H38O10S2. The monoisotopic (exact) mass is 694 g/mol. The molecule has 0 saturated carbocycles. The first kappa shape index (κ1) is 38.1. The first-order valence-corrected chi connectivity index (χ1v) is 16.9. The lowest BCUT2D eigenvalue weighted by atomic mass is 10.1. The van der Waals surface area contributed by atoms with Crippen LogP contribution in [0.3, 0.4) is 0 Å². The molecule has 48 heavy (non-hydrogen) atoms. The Labute approximate surface area is 288 Å². The van der Waals surface area contributed by atoms with Crippen molar-refractivity contribution in [3.8, 4) is 0 Å². The van der Waals surface area contributed by atoms with Gasteiger partial charge in [-0.25, -0.2) is 9.59 Å². The molecule has 2 atom stereocenters. The molecule has 0 aliphatic carbocycles. The maximum atomic E-state index is 12.4. The molecule has 2 N–H and O–H groups in total. The summed E-state index contributed by atoms with van der Waals surface area (Å²) in [6, 6.07) is 26.7. The lowest BCUT2D eigenvalue weighted by Gasteiger charge is -2.19. The van der Waals surface area contributed by atoms with Gasteiger partial charge in [-0.15, -0.1) is 23.5 Å². The van der Waals surface area contributed by atoms with Gasteiger partial charge in [-0.05, 0) is 35.4 Å². The zero-order chi connectivity index (χ0) is 34.7. The van der Waals surface area contributed by atoms with Crippen LogP contribution < -0.4 is 0 Å². The van der Waals surface area contributed by atoms with Crippen molar-refractivity contribution in [1.29, 1.82) is 0 Å². The summed E-state index contributed by atoms with van der Waals surface area (Å²) in [6.45, 7) is 7.73. The SMILES string of the molecule is C=C(CC(=O)O)C(=O)OC(COCc1ccc(COCC(CSc2ccccc2)OC(=O)C(=C)CC(=O)O)cc1)CSc1ccccc1.